The van der Waals surface area contributed by atoms with E-state index in [9.17, 15) is 9.59 Å². The second kappa shape index (κ2) is 5.35. The van der Waals surface area contributed by atoms with Crippen molar-refractivity contribution in [2.45, 2.75) is 6.92 Å². The molecule has 96 valence electrons. The Labute approximate surface area is 110 Å². The number of primary amides is 1. The maximum Gasteiger partial charge on any atom is 0.248 e. The van der Waals surface area contributed by atoms with Crippen LogP contribution in [0.15, 0.2) is 42.5 Å². The lowest BCUT2D eigenvalue weighted by molar-refractivity contribution is 0.0999. The molecule has 0 aliphatic heterocycles. The van der Waals surface area contributed by atoms with Crippen LogP contribution in [-0.2, 0) is 0 Å². The molecule has 1 amide bonds. The topological polar surface area (TPSA) is 69.4 Å². The van der Waals surface area contributed by atoms with E-state index in [1.165, 1.54) is 0 Å². The summed E-state index contributed by atoms with van der Waals surface area (Å²) < 4.78 is 5.68. The van der Waals surface area contributed by atoms with E-state index in [0.29, 0.717) is 22.6 Å². The van der Waals surface area contributed by atoms with Gasteiger partial charge in [0, 0.05) is 11.1 Å². The highest BCUT2D eigenvalue weighted by Crippen LogP contribution is 2.25. The Hall–Kier alpha value is -2.62. The fourth-order valence-corrected chi connectivity index (χ4v) is 1.66. The van der Waals surface area contributed by atoms with Crippen molar-refractivity contribution in [1.29, 1.82) is 0 Å². The first-order chi connectivity index (χ1) is 9.10. The SMILES string of the molecule is Cc1cc(C(N)=O)ccc1Oc1ccc(C=O)cc1. The van der Waals surface area contributed by atoms with Gasteiger partial charge in [-0.15, -0.1) is 0 Å². The normalized spacial score (nSPS) is 9.95. The molecule has 0 aliphatic rings. The minimum Gasteiger partial charge on any atom is -0.457 e. The molecule has 0 heterocycles. The monoisotopic (exact) mass is 255 g/mol. The van der Waals surface area contributed by atoms with E-state index < -0.39 is 5.91 Å². The summed E-state index contributed by atoms with van der Waals surface area (Å²) in [5.41, 5.74) is 7.06. The minimum atomic E-state index is -0.468. The van der Waals surface area contributed by atoms with Crippen LogP contribution in [0.5, 0.6) is 11.5 Å². The maximum atomic E-state index is 11.0. The van der Waals surface area contributed by atoms with Crippen molar-refractivity contribution >= 4 is 12.2 Å². The van der Waals surface area contributed by atoms with Crippen LogP contribution in [0.3, 0.4) is 0 Å². The highest BCUT2D eigenvalue weighted by atomic mass is 16.5. The molecule has 2 aromatic carbocycles. The predicted molar refractivity (Wildman–Crippen MR) is 71.6 cm³/mol. The van der Waals surface area contributed by atoms with Gasteiger partial charge in [-0.3, -0.25) is 9.59 Å². The summed E-state index contributed by atoms with van der Waals surface area (Å²) in [6.07, 6.45) is 0.774. The molecule has 0 fully saturated rings. The van der Waals surface area contributed by atoms with Crippen LogP contribution in [0.25, 0.3) is 0 Å². The van der Waals surface area contributed by atoms with Crippen molar-refractivity contribution in [1.82, 2.24) is 0 Å². The van der Waals surface area contributed by atoms with E-state index in [-0.39, 0.29) is 0 Å². The summed E-state index contributed by atoms with van der Waals surface area (Å²) in [5.74, 6) is 0.800. The van der Waals surface area contributed by atoms with Crippen molar-refractivity contribution in [2.24, 2.45) is 5.73 Å². The molecule has 0 atom stereocenters. The molecule has 2 aromatic rings. The standard InChI is InChI=1S/C15H13NO3/c1-10-8-12(15(16)18)4-7-14(10)19-13-5-2-11(9-17)3-6-13/h2-9H,1H3,(H2,16,18). The zero-order chi connectivity index (χ0) is 13.8. The minimum absolute atomic E-state index is 0.446. The number of hydrogen-bond acceptors (Lipinski definition) is 3. The first-order valence-electron chi connectivity index (χ1n) is 5.73. The number of amides is 1. The summed E-state index contributed by atoms with van der Waals surface area (Å²) in [6, 6.07) is 11.8. The molecule has 2 N–H and O–H groups in total. The number of nitrogens with two attached hydrogens (primary N) is 1. The van der Waals surface area contributed by atoms with Crippen LogP contribution in [-0.4, -0.2) is 12.2 Å². The lowest BCUT2D eigenvalue weighted by Crippen LogP contribution is -2.10. The van der Waals surface area contributed by atoms with Gasteiger partial charge in [0.25, 0.3) is 0 Å². The number of carbonyl (C=O) groups excluding carboxylic acids is 2. The molecule has 0 aliphatic carbocycles. The number of carbonyl (C=O) groups is 2. The van der Waals surface area contributed by atoms with Crippen molar-refractivity contribution in [3.05, 3.63) is 59.2 Å². The van der Waals surface area contributed by atoms with Gasteiger partial charge in [0.1, 0.15) is 17.8 Å². The van der Waals surface area contributed by atoms with Crippen molar-refractivity contribution < 1.29 is 14.3 Å². The number of aryl methyl sites for hydroxylation is 1. The van der Waals surface area contributed by atoms with Crippen molar-refractivity contribution in [3.63, 3.8) is 0 Å². The molecule has 0 unspecified atom stereocenters. The summed E-state index contributed by atoms with van der Waals surface area (Å²) in [6.45, 7) is 1.83. The maximum absolute atomic E-state index is 11.0. The lowest BCUT2D eigenvalue weighted by atomic mass is 10.1. The zero-order valence-electron chi connectivity index (χ0n) is 10.4. The van der Waals surface area contributed by atoms with E-state index in [1.54, 1.807) is 42.5 Å². The number of aldehydes is 1. The molecule has 2 rings (SSSR count). The summed E-state index contributed by atoms with van der Waals surface area (Å²) in [7, 11) is 0. The van der Waals surface area contributed by atoms with Gasteiger partial charge >= 0.3 is 0 Å². The number of benzene rings is 2. The van der Waals surface area contributed by atoms with Gasteiger partial charge in [-0.05, 0) is 55.0 Å². The largest absolute Gasteiger partial charge is 0.457 e. The van der Waals surface area contributed by atoms with Crippen LogP contribution in [0.1, 0.15) is 26.3 Å². The molecule has 0 spiro atoms. The Morgan fingerprint density at radius 2 is 1.84 bits per heavy atom. The number of ether oxygens (including phenoxy) is 1. The quantitative estimate of drug-likeness (QED) is 0.854. The Morgan fingerprint density at radius 3 is 2.37 bits per heavy atom. The van der Waals surface area contributed by atoms with Crippen LogP contribution in [0, 0.1) is 6.92 Å². The molecule has 0 bridgehead atoms. The predicted octanol–water partition coefficient (Wildman–Crippen LogP) is 2.70. The van der Waals surface area contributed by atoms with Gasteiger partial charge in [0.05, 0.1) is 0 Å². The second-order valence-corrected chi connectivity index (χ2v) is 4.13. The zero-order valence-corrected chi connectivity index (χ0v) is 10.4. The number of hydrogen-bond donors (Lipinski definition) is 1. The van der Waals surface area contributed by atoms with E-state index in [4.69, 9.17) is 10.5 Å². The molecular formula is C15H13NO3. The van der Waals surface area contributed by atoms with Gasteiger partial charge in [-0.2, -0.15) is 0 Å². The fraction of sp³-hybridized carbons (Fsp3) is 0.0667. The van der Waals surface area contributed by atoms with Crippen LogP contribution in [0.4, 0.5) is 0 Å². The third kappa shape index (κ3) is 2.98. The van der Waals surface area contributed by atoms with Gasteiger partial charge < -0.3 is 10.5 Å². The molecule has 0 saturated heterocycles. The third-order valence-corrected chi connectivity index (χ3v) is 2.70. The Balaban J connectivity index is 2.22. The van der Waals surface area contributed by atoms with Gasteiger partial charge in [-0.25, -0.2) is 0 Å². The van der Waals surface area contributed by atoms with Crippen molar-refractivity contribution in [3.8, 4) is 11.5 Å². The van der Waals surface area contributed by atoms with Crippen molar-refractivity contribution in [2.75, 3.05) is 0 Å². The first-order valence-corrected chi connectivity index (χ1v) is 5.73. The molecule has 0 aromatic heterocycles. The molecule has 19 heavy (non-hydrogen) atoms. The van der Waals surface area contributed by atoms with Crippen LogP contribution >= 0.6 is 0 Å². The first kappa shape index (κ1) is 12.8. The summed E-state index contributed by atoms with van der Waals surface area (Å²) in [5, 5.41) is 0. The third-order valence-electron chi connectivity index (χ3n) is 2.70. The molecule has 4 heteroatoms. The summed E-state index contributed by atoms with van der Waals surface area (Å²) in [4.78, 5) is 21.6. The second-order valence-electron chi connectivity index (χ2n) is 4.13. The smallest absolute Gasteiger partial charge is 0.248 e. The Kier molecular flexibility index (Phi) is 3.61. The average Bonchev–Trinajstić information content (AvgIpc) is 2.41. The fourth-order valence-electron chi connectivity index (χ4n) is 1.66. The summed E-state index contributed by atoms with van der Waals surface area (Å²) >= 11 is 0. The Bertz CT molecular complexity index is 618. The van der Waals surface area contributed by atoms with E-state index in [0.717, 1.165) is 11.8 Å². The van der Waals surface area contributed by atoms with E-state index >= 15 is 0 Å². The van der Waals surface area contributed by atoms with Gasteiger partial charge in [0.15, 0.2) is 0 Å². The molecule has 0 radical (unpaired) electrons. The lowest BCUT2D eigenvalue weighted by Gasteiger charge is -2.09. The van der Waals surface area contributed by atoms with E-state index in [1.807, 2.05) is 6.92 Å². The van der Waals surface area contributed by atoms with Gasteiger partial charge in [-0.1, -0.05) is 0 Å². The highest BCUT2D eigenvalue weighted by molar-refractivity contribution is 5.93. The van der Waals surface area contributed by atoms with E-state index in [2.05, 4.69) is 0 Å². The highest BCUT2D eigenvalue weighted by Gasteiger charge is 2.06. The number of rotatable bonds is 4. The van der Waals surface area contributed by atoms with Crippen LogP contribution < -0.4 is 10.5 Å². The molecule has 4 nitrogen and oxygen atoms in total. The molecular weight excluding hydrogens is 242 g/mol. The van der Waals surface area contributed by atoms with Crippen LogP contribution in [0.2, 0.25) is 0 Å². The molecule has 0 saturated carbocycles. The van der Waals surface area contributed by atoms with Gasteiger partial charge in [0.2, 0.25) is 5.91 Å². The Morgan fingerprint density at radius 1 is 1.16 bits per heavy atom. The average molecular weight is 255 g/mol.